The smallest absolute Gasteiger partial charge is 0.252 e. The molecule has 1 atom stereocenters. The molecule has 0 saturated carbocycles. The monoisotopic (exact) mass is 393 g/mol. The maximum absolute atomic E-state index is 12.9. The SMILES string of the molecule is NCc1cccc(C(=O)N[C@@H](C(=O)Nc2ccc(Cl)cc2)c2ccccc2)c1. The van der Waals surface area contributed by atoms with E-state index in [2.05, 4.69) is 10.6 Å². The normalized spacial score (nSPS) is 11.5. The molecule has 142 valence electrons. The van der Waals surface area contributed by atoms with Crippen molar-refractivity contribution < 1.29 is 9.59 Å². The minimum absolute atomic E-state index is 0.334. The zero-order valence-electron chi connectivity index (χ0n) is 15.1. The first-order valence-corrected chi connectivity index (χ1v) is 9.16. The van der Waals surface area contributed by atoms with Crippen molar-refractivity contribution in [3.63, 3.8) is 0 Å². The molecule has 3 rings (SSSR count). The lowest BCUT2D eigenvalue weighted by Gasteiger charge is -2.19. The van der Waals surface area contributed by atoms with E-state index in [0.29, 0.717) is 28.4 Å². The van der Waals surface area contributed by atoms with Gasteiger partial charge in [-0.2, -0.15) is 0 Å². The maximum atomic E-state index is 12.9. The largest absolute Gasteiger partial charge is 0.336 e. The topological polar surface area (TPSA) is 84.2 Å². The molecular weight excluding hydrogens is 374 g/mol. The predicted molar refractivity (Wildman–Crippen MR) is 111 cm³/mol. The first kappa shape index (κ1) is 19.6. The highest BCUT2D eigenvalue weighted by molar-refractivity contribution is 6.30. The number of nitrogens with one attached hydrogen (secondary N) is 2. The van der Waals surface area contributed by atoms with Crippen LogP contribution in [0.3, 0.4) is 0 Å². The third-order valence-corrected chi connectivity index (χ3v) is 4.46. The lowest BCUT2D eigenvalue weighted by atomic mass is 10.0. The number of carbonyl (C=O) groups is 2. The Morgan fingerprint density at radius 2 is 1.64 bits per heavy atom. The molecule has 0 aromatic heterocycles. The molecule has 0 spiro atoms. The van der Waals surface area contributed by atoms with E-state index in [0.717, 1.165) is 5.56 Å². The van der Waals surface area contributed by atoms with Crippen LogP contribution in [0.25, 0.3) is 0 Å². The summed E-state index contributed by atoms with van der Waals surface area (Å²) < 4.78 is 0. The zero-order chi connectivity index (χ0) is 19.9. The van der Waals surface area contributed by atoms with E-state index < -0.39 is 6.04 Å². The van der Waals surface area contributed by atoms with Gasteiger partial charge in [0.2, 0.25) is 0 Å². The van der Waals surface area contributed by atoms with Crippen LogP contribution in [0.5, 0.6) is 0 Å². The van der Waals surface area contributed by atoms with Crippen LogP contribution < -0.4 is 16.4 Å². The van der Waals surface area contributed by atoms with E-state index in [1.165, 1.54) is 0 Å². The third kappa shape index (κ3) is 4.97. The average molecular weight is 394 g/mol. The Kier molecular flexibility index (Phi) is 6.42. The van der Waals surface area contributed by atoms with Crippen LogP contribution in [-0.4, -0.2) is 11.8 Å². The Morgan fingerprint density at radius 1 is 0.929 bits per heavy atom. The standard InChI is InChI=1S/C22H20ClN3O2/c23-18-9-11-19(12-10-18)25-22(28)20(16-6-2-1-3-7-16)26-21(27)17-8-4-5-15(13-17)14-24/h1-13,20H,14,24H2,(H,25,28)(H,26,27)/t20-/m1/s1. The fourth-order valence-corrected chi connectivity index (χ4v) is 2.87. The van der Waals surface area contributed by atoms with Crippen molar-refractivity contribution in [3.8, 4) is 0 Å². The van der Waals surface area contributed by atoms with Gasteiger partial charge in [-0.15, -0.1) is 0 Å². The molecule has 0 radical (unpaired) electrons. The van der Waals surface area contributed by atoms with Crippen molar-refractivity contribution in [3.05, 3.63) is 101 Å². The second kappa shape index (κ2) is 9.17. The van der Waals surface area contributed by atoms with E-state index in [1.54, 1.807) is 54.6 Å². The van der Waals surface area contributed by atoms with Crippen LogP contribution in [0.4, 0.5) is 5.69 Å². The van der Waals surface area contributed by atoms with Crippen molar-refractivity contribution in [1.82, 2.24) is 5.32 Å². The zero-order valence-corrected chi connectivity index (χ0v) is 15.8. The van der Waals surface area contributed by atoms with Crippen molar-refractivity contribution >= 4 is 29.1 Å². The van der Waals surface area contributed by atoms with Crippen LogP contribution in [0.15, 0.2) is 78.9 Å². The van der Waals surface area contributed by atoms with Gasteiger partial charge in [-0.3, -0.25) is 9.59 Å². The molecule has 3 aromatic carbocycles. The van der Waals surface area contributed by atoms with Crippen molar-refractivity contribution in [2.45, 2.75) is 12.6 Å². The van der Waals surface area contributed by atoms with Gasteiger partial charge in [0.25, 0.3) is 11.8 Å². The van der Waals surface area contributed by atoms with Crippen molar-refractivity contribution in [2.75, 3.05) is 5.32 Å². The van der Waals surface area contributed by atoms with Gasteiger partial charge >= 0.3 is 0 Å². The Labute approximate surface area is 168 Å². The Balaban J connectivity index is 1.83. The van der Waals surface area contributed by atoms with Gasteiger partial charge in [0.15, 0.2) is 0 Å². The van der Waals surface area contributed by atoms with Gasteiger partial charge in [0.1, 0.15) is 6.04 Å². The highest BCUT2D eigenvalue weighted by atomic mass is 35.5. The molecule has 4 N–H and O–H groups in total. The maximum Gasteiger partial charge on any atom is 0.252 e. The molecule has 0 heterocycles. The summed E-state index contributed by atoms with van der Waals surface area (Å²) in [6, 6.07) is 22.0. The molecular formula is C22H20ClN3O2. The minimum Gasteiger partial charge on any atom is -0.336 e. The molecule has 0 unspecified atom stereocenters. The number of amides is 2. The summed E-state index contributed by atoms with van der Waals surface area (Å²) in [5.41, 5.74) is 8.21. The molecule has 6 heteroatoms. The minimum atomic E-state index is -0.856. The molecule has 5 nitrogen and oxygen atoms in total. The summed E-state index contributed by atoms with van der Waals surface area (Å²) in [6.45, 7) is 0.334. The van der Waals surface area contributed by atoms with Gasteiger partial charge in [0.05, 0.1) is 0 Å². The number of rotatable bonds is 6. The van der Waals surface area contributed by atoms with Crippen LogP contribution >= 0.6 is 11.6 Å². The number of hydrogen-bond acceptors (Lipinski definition) is 3. The van der Waals surface area contributed by atoms with E-state index in [-0.39, 0.29) is 11.8 Å². The van der Waals surface area contributed by atoms with E-state index in [9.17, 15) is 9.59 Å². The van der Waals surface area contributed by atoms with Gasteiger partial charge in [-0.25, -0.2) is 0 Å². The quantitative estimate of drug-likeness (QED) is 0.593. The molecule has 3 aromatic rings. The van der Waals surface area contributed by atoms with Crippen LogP contribution in [-0.2, 0) is 11.3 Å². The molecule has 0 fully saturated rings. The molecule has 28 heavy (non-hydrogen) atoms. The lowest BCUT2D eigenvalue weighted by Crippen LogP contribution is -2.37. The molecule has 0 aliphatic heterocycles. The number of halogens is 1. The van der Waals surface area contributed by atoms with Gasteiger partial charge in [-0.05, 0) is 47.5 Å². The number of hydrogen-bond donors (Lipinski definition) is 3. The molecule has 2 amide bonds. The second-order valence-corrected chi connectivity index (χ2v) is 6.65. The summed E-state index contributed by atoms with van der Waals surface area (Å²) >= 11 is 5.89. The van der Waals surface area contributed by atoms with Crippen LogP contribution in [0.1, 0.15) is 27.5 Å². The van der Waals surface area contributed by atoms with E-state index in [4.69, 9.17) is 17.3 Å². The molecule has 0 aliphatic rings. The highest BCUT2D eigenvalue weighted by Gasteiger charge is 2.23. The Morgan fingerprint density at radius 3 is 2.32 bits per heavy atom. The number of anilines is 1. The molecule has 0 aliphatic carbocycles. The van der Waals surface area contributed by atoms with E-state index in [1.807, 2.05) is 24.3 Å². The fourth-order valence-electron chi connectivity index (χ4n) is 2.75. The van der Waals surface area contributed by atoms with E-state index >= 15 is 0 Å². The summed E-state index contributed by atoms with van der Waals surface area (Å²) in [7, 11) is 0. The summed E-state index contributed by atoms with van der Waals surface area (Å²) in [5, 5.41) is 6.20. The lowest BCUT2D eigenvalue weighted by molar-refractivity contribution is -0.118. The summed E-state index contributed by atoms with van der Waals surface area (Å²) in [6.07, 6.45) is 0. The number of benzene rings is 3. The van der Waals surface area contributed by atoms with Gasteiger partial charge in [-0.1, -0.05) is 54.1 Å². The molecule has 0 bridgehead atoms. The van der Waals surface area contributed by atoms with Crippen LogP contribution in [0, 0.1) is 0 Å². The predicted octanol–water partition coefficient (Wildman–Crippen LogP) is 3.91. The third-order valence-electron chi connectivity index (χ3n) is 4.21. The number of nitrogens with two attached hydrogens (primary N) is 1. The summed E-state index contributed by atoms with van der Waals surface area (Å²) in [4.78, 5) is 25.7. The van der Waals surface area contributed by atoms with Crippen LogP contribution in [0.2, 0.25) is 5.02 Å². The van der Waals surface area contributed by atoms with Gasteiger partial charge < -0.3 is 16.4 Å². The fraction of sp³-hybridized carbons (Fsp3) is 0.0909. The highest BCUT2D eigenvalue weighted by Crippen LogP contribution is 2.19. The first-order valence-electron chi connectivity index (χ1n) is 8.78. The summed E-state index contributed by atoms with van der Waals surface area (Å²) in [5.74, 6) is -0.702. The Bertz CT molecular complexity index is 959. The van der Waals surface area contributed by atoms with Crippen molar-refractivity contribution in [1.29, 1.82) is 0 Å². The molecule has 0 saturated heterocycles. The Hall–Kier alpha value is -3.15. The van der Waals surface area contributed by atoms with Gasteiger partial charge in [0, 0.05) is 22.8 Å². The van der Waals surface area contributed by atoms with Crippen molar-refractivity contribution in [2.24, 2.45) is 5.73 Å². The average Bonchev–Trinajstić information content (AvgIpc) is 2.74. The second-order valence-electron chi connectivity index (χ2n) is 6.22. The first-order chi connectivity index (χ1) is 13.6. The number of carbonyl (C=O) groups excluding carboxylic acids is 2.